The van der Waals surface area contributed by atoms with Gasteiger partial charge in [0.15, 0.2) is 0 Å². The Bertz CT molecular complexity index is 302. The van der Waals surface area contributed by atoms with Crippen molar-refractivity contribution < 1.29 is 19.5 Å². The normalized spacial score (nSPS) is 10.7. The van der Waals surface area contributed by atoms with E-state index in [-0.39, 0.29) is 6.42 Å². The van der Waals surface area contributed by atoms with E-state index in [1.165, 1.54) is 13.8 Å². The van der Waals surface area contributed by atoms with Crippen molar-refractivity contribution in [2.24, 2.45) is 5.73 Å². The summed E-state index contributed by atoms with van der Waals surface area (Å²) in [4.78, 5) is 32.4. The lowest BCUT2D eigenvalue weighted by molar-refractivity contribution is -0.137. The fraction of sp³-hybridized carbons (Fsp3) is 0.700. The van der Waals surface area contributed by atoms with Crippen LogP contribution < -0.4 is 16.4 Å². The summed E-state index contributed by atoms with van der Waals surface area (Å²) in [6, 6.07) is -0.496. The molecule has 0 aromatic heterocycles. The topological polar surface area (TPSA) is 122 Å². The van der Waals surface area contributed by atoms with Gasteiger partial charge in [0.1, 0.15) is 5.54 Å². The van der Waals surface area contributed by atoms with Crippen LogP contribution in [-0.2, 0) is 9.59 Å². The Morgan fingerprint density at radius 1 is 1.24 bits per heavy atom. The number of carbonyl (C=O) groups is 3. The zero-order valence-electron chi connectivity index (χ0n) is 10.1. The van der Waals surface area contributed by atoms with Gasteiger partial charge in [-0.3, -0.25) is 9.59 Å². The van der Waals surface area contributed by atoms with E-state index < -0.39 is 23.4 Å². The first-order valence-electron chi connectivity index (χ1n) is 5.33. The number of nitrogens with one attached hydrogen (secondary N) is 2. The number of nitrogens with two attached hydrogens (primary N) is 1. The Hall–Kier alpha value is -1.79. The first-order valence-corrected chi connectivity index (χ1v) is 5.33. The number of hydrogen-bond donors (Lipinski definition) is 4. The summed E-state index contributed by atoms with van der Waals surface area (Å²) in [7, 11) is 0. The van der Waals surface area contributed by atoms with Gasteiger partial charge in [-0.15, -0.1) is 0 Å². The van der Waals surface area contributed by atoms with Crippen LogP contribution in [0.25, 0.3) is 0 Å². The Balaban J connectivity index is 3.74. The molecule has 0 radical (unpaired) electrons. The SMILES string of the molecule is CC(C)(NC(=O)NCCCCC(=O)O)C(N)=O. The van der Waals surface area contributed by atoms with E-state index in [0.717, 1.165) is 0 Å². The molecular formula is C10H19N3O4. The van der Waals surface area contributed by atoms with Gasteiger partial charge in [-0.1, -0.05) is 0 Å². The van der Waals surface area contributed by atoms with Crippen molar-refractivity contribution in [2.75, 3.05) is 6.54 Å². The number of unbranched alkanes of at least 4 members (excludes halogenated alkanes) is 1. The summed E-state index contributed by atoms with van der Waals surface area (Å²) in [5.74, 6) is -1.48. The predicted molar refractivity (Wildman–Crippen MR) is 61.3 cm³/mol. The second kappa shape index (κ2) is 6.72. The molecule has 0 heterocycles. The predicted octanol–water partition coefficient (Wildman–Crippen LogP) is -0.196. The summed E-state index contributed by atoms with van der Waals surface area (Å²) in [6.07, 6.45) is 1.14. The van der Waals surface area contributed by atoms with E-state index in [1.54, 1.807) is 0 Å². The number of urea groups is 1. The van der Waals surface area contributed by atoms with Crippen LogP contribution in [0.2, 0.25) is 0 Å². The van der Waals surface area contributed by atoms with Crippen molar-refractivity contribution in [3.63, 3.8) is 0 Å². The monoisotopic (exact) mass is 245 g/mol. The van der Waals surface area contributed by atoms with Crippen molar-refractivity contribution in [1.29, 1.82) is 0 Å². The number of carboxylic acids is 1. The molecule has 0 aliphatic heterocycles. The molecule has 0 rings (SSSR count). The molecule has 0 unspecified atom stereocenters. The molecule has 0 saturated heterocycles. The third-order valence-electron chi connectivity index (χ3n) is 2.15. The summed E-state index contributed by atoms with van der Waals surface area (Å²) in [5, 5.41) is 13.3. The maximum absolute atomic E-state index is 11.3. The fourth-order valence-corrected chi connectivity index (χ4v) is 0.993. The second-order valence-electron chi connectivity index (χ2n) is 4.22. The lowest BCUT2D eigenvalue weighted by atomic mass is 10.1. The average Bonchev–Trinajstić information content (AvgIpc) is 2.15. The highest BCUT2D eigenvalue weighted by atomic mass is 16.4. The summed E-state index contributed by atoms with van der Waals surface area (Å²) >= 11 is 0. The van der Waals surface area contributed by atoms with Gasteiger partial charge >= 0.3 is 12.0 Å². The number of rotatable bonds is 7. The lowest BCUT2D eigenvalue weighted by Gasteiger charge is -2.22. The summed E-state index contributed by atoms with van der Waals surface area (Å²) in [6.45, 7) is 3.35. The smallest absolute Gasteiger partial charge is 0.315 e. The van der Waals surface area contributed by atoms with E-state index in [2.05, 4.69) is 10.6 Å². The van der Waals surface area contributed by atoms with Gasteiger partial charge in [0.25, 0.3) is 0 Å². The molecule has 0 spiro atoms. The number of amides is 3. The van der Waals surface area contributed by atoms with E-state index in [0.29, 0.717) is 19.4 Å². The van der Waals surface area contributed by atoms with Gasteiger partial charge in [-0.05, 0) is 26.7 Å². The summed E-state index contributed by atoms with van der Waals surface area (Å²) < 4.78 is 0. The van der Waals surface area contributed by atoms with Crippen molar-refractivity contribution in [1.82, 2.24) is 10.6 Å². The maximum Gasteiger partial charge on any atom is 0.315 e. The molecule has 98 valence electrons. The van der Waals surface area contributed by atoms with E-state index in [4.69, 9.17) is 10.8 Å². The standard InChI is InChI=1S/C10H19N3O4/c1-10(2,8(11)16)13-9(17)12-6-4-3-5-7(14)15/h3-6H2,1-2H3,(H2,11,16)(H,14,15)(H2,12,13,17). The van der Waals surface area contributed by atoms with Gasteiger partial charge in [0.2, 0.25) is 5.91 Å². The molecule has 7 nitrogen and oxygen atoms in total. The molecule has 3 amide bonds. The molecule has 0 saturated carbocycles. The molecule has 0 atom stereocenters. The zero-order valence-corrected chi connectivity index (χ0v) is 10.1. The molecule has 0 bridgehead atoms. The van der Waals surface area contributed by atoms with Crippen molar-refractivity contribution in [2.45, 2.75) is 38.6 Å². The minimum absolute atomic E-state index is 0.0794. The van der Waals surface area contributed by atoms with E-state index in [1.807, 2.05) is 0 Å². The van der Waals surface area contributed by atoms with E-state index in [9.17, 15) is 14.4 Å². The third kappa shape index (κ3) is 7.15. The fourth-order valence-electron chi connectivity index (χ4n) is 0.993. The van der Waals surface area contributed by atoms with Gasteiger partial charge in [-0.25, -0.2) is 4.79 Å². The zero-order chi connectivity index (χ0) is 13.5. The van der Waals surface area contributed by atoms with Crippen LogP contribution >= 0.6 is 0 Å². The molecule has 17 heavy (non-hydrogen) atoms. The van der Waals surface area contributed by atoms with Crippen LogP contribution in [-0.4, -0.2) is 35.1 Å². The number of primary amides is 1. The highest BCUT2D eigenvalue weighted by Crippen LogP contribution is 1.99. The average molecular weight is 245 g/mol. The largest absolute Gasteiger partial charge is 0.481 e. The molecule has 0 aliphatic rings. The Kier molecular flexibility index (Phi) is 6.01. The lowest BCUT2D eigenvalue weighted by Crippen LogP contribution is -2.55. The van der Waals surface area contributed by atoms with Gasteiger partial charge in [-0.2, -0.15) is 0 Å². The highest BCUT2D eigenvalue weighted by molar-refractivity contribution is 5.89. The van der Waals surface area contributed by atoms with Crippen LogP contribution in [0.1, 0.15) is 33.1 Å². The van der Waals surface area contributed by atoms with Crippen LogP contribution in [0.3, 0.4) is 0 Å². The van der Waals surface area contributed by atoms with Crippen molar-refractivity contribution in [3.05, 3.63) is 0 Å². The van der Waals surface area contributed by atoms with E-state index >= 15 is 0 Å². The van der Waals surface area contributed by atoms with Crippen LogP contribution in [0.15, 0.2) is 0 Å². The van der Waals surface area contributed by atoms with Crippen LogP contribution in [0, 0.1) is 0 Å². The van der Waals surface area contributed by atoms with Gasteiger partial charge in [0.05, 0.1) is 0 Å². The number of carbonyl (C=O) groups excluding carboxylic acids is 2. The molecule has 0 aromatic rings. The third-order valence-corrected chi connectivity index (χ3v) is 2.15. The molecule has 0 aromatic carbocycles. The molecule has 7 heteroatoms. The molecule has 0 fully saturated rings. The highest BCUT2D eigenvalue weighted by Gasteiger charge is 2.26. The number of carboxylic acid groups (broad SMARTS) is 1. The summed E-state index contributed by atoms with van der Waals surface area (Å²) in [5.41, 5.74) is 3.98. The first kappa shape index (κ1) is 15.2. The Morgan fingerprint density at radius 2 is 1.82 bits per heavy atom. The minimum Gasteiger partial charge on any atom is -0.481 e. The quantitative estimate of drug-likeness (QED) is 0.464. The van der Waals surface area contributed by atoms with Gasteiger partial charge < -0.3 is 21.5 Å². The van der Waals surface area contributed by atoms with Crippen LogP contribution in [0.5, 0.6) is 0 Å². The molecular weight excluding hydrogens is 226 g/mol. The maximum atomic E-state index is 11.3. The van der Waals surface area contributed by atoms with Crippen LogP contribution in [0.4, 0.5) is 4.79 Å². The minimum atomic E-state index is -1.11. The first-order chi connectivity index (χ1) is 7.75. The molecule has 0 aliphatic carbocycles. The van der Waals surface area contributed by atoms with Gasteiger partial charge in [0, 0.05) is 13.0 Å². The van der Waals surface area contributed by atoms with Crippen molar-refractivity contribution >= 4 is 17.9 Å². The molecule has 5 N–H and O–H groups in total. The number of aliphatic carboxylic acids is 1. The van der Waals surface area contributed by atoms with Crippen molar-refractivity contribution in [3.8, 4) is 0 Å². The Labute approximate surface area is 99.7 Å². The second-order valence-corrected chi connectivity index (χ2v) is 4.22. The number of hydrogen-bond acceptors (Lipinski definition) is 3. The Morgan fingerprint density at radius 3 is 2.29 bits per heavy atom.